The second-order valence-electron chi connectivity index (χ2n) is 4.64. The van der Waals surface area contributed by atoms with Crippen LogP contribution in [0, 0.1) is 0 Å². The van der Waals surface area contributed by atoms with Crippen LogP contribution in [0.4, 0.5) is 0 Å². The molecular formula is C11H19N3S. The van der Waals surface area contributed by atoms with E-state index in [-0.39, 0.29) is 6.04 Å². The van der Waals surface area contributed by atoms with Crippen LogP contribution in [-0.2, 0) is 6.54 Å². The Morgan fingerprint density at radius 1 is 1.73 bits per heavy atom. The van der Waals surface area contributed by atoms with E-state index in [4.69, 9.17) is 5.73 Å². The lowest BCUT2D eigenvalue weighted by Crippen LogP contribution is -2.25. The molecule has 15 heavy (non-hydrogen) atoms. The third-order valence-electron chi connectivity index (χ3n) is 3.02. The van der Waals surface area contributed by atoms with E-state index in [1.54, 1.807) is 0 Å². The fourth-order valence-corrected chi connectivity index (χ4v) is 3.46. The van der Waals surface area contributed by atoms with Crippen LogP contribution in [0.1, 0.15) is 38.4 Å². The normalized spacial score (nSPS) is 28.2. The molecule has 1 aliphatic heterocycles. The summed E-state index contributed by atoms with van der Waals surface area (Å²) in [7, 11) is 0. The molecule has 0 bridgehead atoms. The summed E-state index contributed by atoms with van der Waals surface area (Å²) in [5.74, 6) is 1.29. The average molecular weight is 225 g/mol. The lowest BCUT2D eigenvalue weighted by Gasteiger charge is -2.24. The van der Waals surface area contributed by atoms with E-state index in [0.29, 0.717) is 4.75 Å². The van der Waals surface area contributed by atoms with Crippen molar-refractivity contribution >= 4 is 11.8 Å². The van der Waals surface area contributed by atoms with E-state index in [9.17, 15) is 0 Å². The molecule has 4 heteroatoms. The van der Waals surface area contributed by atoms with Crippen molar-refractivity contribution in [2.75, 3.05) is 5.75 Å². The molecule has 1 saturated heterocycles. The lowest BCUT2D eigenvalue weighted by atomic mass is 10.1. The van der Waals surface area contributed by atoms with Crippen molar-refractivity contribution in [3.05, 3.63) is 18.2 Å². The zero-order chi connectivity index (χ0) is 10.9. The Labute approximate surface area is 95.4 Å². The number of nitrogens with two attached hydrogens (primary N) is 1. The first-order chi connectivity index (χ1) is 7.11. The molecule has 1 aromatic heterocycles. The van der Waals surface area contributed by atoms with Gasteiger partial charge >= 0.3 is 0 Å². The Balaban J connectivity index is 2.13. The SMILES string of the molecule is CC(N)c1cncn1CC1(C)CCCS1. The fourth-order valence-electron chi connectivity index (χ4n) is 2.16. The van der Waals surface area contributed by atoms with Gasteiger partial charge in [-0.2, -0.15) is 11.8 Å². The van der Waals surface area contributed by atoms with Gasteiger partial charge in [0.15, 0.2) is 0 Å². The quantitative estimate of drug-likeness (QED) is 0.857. The van der Waals surface area contributed by atoms with Crippen molar-refractivity contribution in [2.24, 2.45) is 5.73 Å². The summed E-state index contributed by atoms with van der Waals surface area (Å²) >= 11 is 2.07. The van der Waals surface area contributed by atoms with Crippen molar-refractivity contribution in [3.8, 4) is 0 Å². The maximum Gasteiger partial charge on any atom is 0.0949 e. The molecule has 0 aliphatic carbocycles. The number of hydrogen-bond donors (Lipinski definition) is 1. The third-order valence-corrected chi connectivity index (χ3v) is 4.54. The van der Waals surface area contributed by atoms with Gasteiger partial charge in [-0.15, -0.1) is 0 Å². The molecule has 3 nitrogen and oxygen atoms in total. The van der Waals surface area contributed by atoms with Crippen LogP contribution in [0.15, 0.2) is 12.5 Å². The van der Waals surface area contributed by atoms with Gasteiger partial charge in [-0.1, -0.05) is 0 Å². The van der Waals surface area contributed by atoms with Gasteiger partial charge in [0.1, 0.15) is 0 Å². The summed E-state index contributed by atoms with van der Waals surface area (Å²) in [6.45, 7) is 5.39. The van der Waals surface area contributed by atoms with Crippen molar-refractivity contribution in [1.82, 2.24) is 9.55 Å². The molecule has 2 unspecified atom stereocenters. The van der Waals surface area contributed by atoms with Gasteiger partial charge in [0.2, 0.25) is 0 Å². The summed E-state index contributed by atoms with van der Waals surface area (Å²) < 4.78 is 2.59. The molecule has 84 valence electrons. The first-order valence-electron chi connectivity index (χ1n) is 5.50. The number of aromatic nitrogens is 2. The highest BCUT2D eigenvalue weighted by Gasteiger charge is 2.30. The van der Waals surface area contributed by atoms with Gasteiger partial charge in [-0.3, -0.25) is 0 Å². The maximum absolute atomic E-state index is 5.91. The zero-order valence-corrected chi connectivity index (χ0v) is 10.3. The molecule has 1 fully saturated rings. The molecule has 2 rings (SSSR count). The van der Waals surface area contributed by atoms with Gasteiger partial charge < -0.3 is 10.3 Å². The van der Waals surface area contributed by atoms with Crippen LogP contribution in [0.3, 0.4) is 0 Å². The molecule has 0 spiro atoms. The third kappa shape index (κ3) is 2.37. The average Bonchev–Trinajstić information content (AvgIpc) is 2.75. The smallest absolute Gasteiger partial charge is 0.0949 e. The zero-order valence-electron chi connectivity index (χ0n) is 9.44. The molecule has 1 aliphatic rings. The first kappa shape index (κ1) is 11.0. The summed E-state index contributed by atoms with van der Waals surface area (Å²) in [5, 5.41) is 0. The van der Waals surface area contributed by atoms with Gasteiger partial charge in [-0.25, -0.2) is 4.98 Å². The monoisotopic (exact) mass is 225 g/mol. The van der Waals surface area contributed by atoms with Crippen LogP contribution in [0.5, 0.6) is 0 Å². The van der Waals surface area contributed by atoms with E-state index in [1.165, 1.54) is 18.6 Å². The van der Waals surface area contributed by atoms with Gasteiger partial charge in [0, 0.05) is 23.5 Å². The van der Waals surface area contributed by atoms with Gasteiger partial charge in [-0.05, 0) is 32.4 Å². The summed E-state index contributed by atoms with van der Waals surface area (Å²) in [5.41, 5.74) is 7.05. The van der Waals surface area contributed by atoms with Crippen molar-refractivity contribution < 1.29 is 0 Å². The molecular weight excluding hydrogens is 206 g/mol. The number of rotatable bonds is 3. The van der Waals surface area contributed by atoms with E-state index < -0.39 is 0 Å². The summed E-state index contributed by atoms with van der Waals surface area (Å²) in [6.07, 6.45) is 6.42. The minimum Gasteiger partial charge on any atom is -0.332 e. The predicted octanol–water partition coefficient (Wildman–Crippen LogP) is 2.19. The highest BCUT2D eigenvalue weighted by Crippen LogP contribution is 2.39. The fraction of sp³-hybridized carbons (Fsp3) is 0.727. The second-order valence-corrected chi connectivity index (χ2v) is 6.32. The highest BCUT2D eigenvalue weighted by molar-refractivity contribution is 8.00. The summed E-state index contributed by atoms with van der Waals surface area (Å²) in [6, 6.07) is 0.0718. The first-order valence-corrected chi connectivity index (χ1v) is 6.49. The van der Waals surface area contributed by atoms with Crippen molar-refractivity contribution in [1.29, 1.82) is 0 Å². The van der Waals surface area contributed by atoms with Crippen LogP contribution >= 0.6 is 11.8 Å². The van der Waals surface area contributed by atoms with E-state index in [1.807, 2.05) is 19.4 Å². The van der Waals surface area contributed by atoms with E-state index >= 15 is 0 Å². The highest BCUT2D eigenvalue weighted by atomic mass is 32.2. The Morgan fingerprint density at radius 2 is 2.53 bits per heavy atom. The molecule has 1 aromatic rings. The largest absolute Gasteiger partial charge is 0.332 e. The van der Waals surface area contributed by atoms with E-state index in [2.05, 4.69) is 28.2 Å². The Kier molecular flexibility index (Phi) is 3.07. The number of nitrogens with zero attached hydrogens (tertiary/aromatic N) is 2. The van der Waals surface area contributed by atoms with Gasteiger partial charge in [0.25, 0.3) is 0 Å². The molecule has 0 saturated carbocycles. The number of imidazole rings is 1. The molecule has 0 amide bonds. The standard InChI is InChI=1S/C11H19N3S/c1-9(12)10-6-13-8-14(10)7-11(2)4-3-5-15-11/h6,8-9H,3-5,7,12H2,1-2H3. The maximum atomic E-state index is 5.91. The topological polar surface area (TPSA) is 43.8 Å². The second kappa shape index (κ2) is 4.18. The Morgan fingerprint density at radius 3 is 3.13 bits per heavy atom. The molecule has 2 N–H and O–H groups in total. The van der Waals surface area contributed by atoms with Crippen LogP contribution in [-0.4, -0.2) is 20.1 Å². The lowest BCUT2D eigenvalue weighted by molar-refractivity contribution is 0.491. The summed E-state index contributed by atoms with van der Waals surface area (Å²) in [4.78, 5) is 4.19. The molecule has 2 heterocycles. The van der Waals surface area contributed by atoms with Crippen LogP contribution in [0.25, 0.3) is 0 Å². The minimum absolute atomic E-state index is 0.0718. The van der Waals surface area contributed by atoms with Crippen LogP contribution in [0.2, 0.25) is 0 Å². The van der Waals surface area contributed by atoms with E-state index in [0.717, 1.165) is 12.2 Å². The molecule has 0 radical (unpaired) electrons. The Hall–Kier alpha value is -0.480. The Bertz CT molecular complexity index is 326. The van der Waals surface area contributed by atoms with Crippen LogP contribution < -0.4 is 5.73 Å². The number of thioether (sulfide) groups is 1. The predicted molar refractivity (Wildman–Crippen MR) is 64.9 cm³/mol. The molecule has 2 atom stereocenters. The van der Waals surface area contributed by atoms with Crippen molar-refractivity contribution in [3.63, 3.8) is 0 Å². The minimum atomic E-state index is 0.0718. The molecule has 0 aromatic carbocycles. The number of hydrogen-bond acceptors (Lipinski definition) is 3. The van der Waals surface area contributed by atoms with Gasteiger partial charge in [0.05, 0.1) is 12.0 Å². The van der Waals surface area contributed by atoms with Crippen molar-refractivity contribution in [2.45, 2.75) is 44.0 Å².